The predicted octanol–water partition coefficient (Wildman–Crippen LogP) is -2.98. The number of carboxylic acid groups (broad SMARTS) is 1. The maximum atomic E-state index is 12.1. The van der Waals surface area contributed by atoms with E-state index in [1.54, 1.807) is 0 Å². The Morgan fingerprint density at radius 2 is 1.80 bits per heavy atom. The number of carboxylic acids is 1. The molecule has 1 saturated heterocycles. The van der Waals surface area contributed by atoms with Crippen LogP contribution in [0.2, 0.25) is 0 Å². The second-order valence-electron chi connectivity index (χ2n) is 6.42. The summed E-state index contributed by atoms with van der Waals surface area (Å²) in [5, 5.41) is 18.9. The molecule has 1 unspecified atom stereocenters. The summed E-state index contributed by atoms with van der Waals surface area (Å²) in [6.07, 6.45) is -4.35. The smallest absolute Gasteiger partial charge is 0.346 e. The van der Waals surface area contributed by atoms with E-state index < -0.39 is 85.2 Å². The Balaban J connectivity index is 2.91. The minimum atomic E-state index is -3.01. The van der Waals surface area contributed by atoms with Gasteiger partial charge in [-0.25, -0.2) is 14.4 Å². The molecule has 30 heavy (non-hydrogen) atoms. The predicted molar refractivity (Wildman–Crippen MR) is 89.5 cm³/mol. The zero-order valence-electron chi connectivity index (χ0n) is 15.5. The van der Waals surface area contributed by atoms with Crippen molar-refractivity contribution in [1.82, 2.24) is 0 Å². The van der Waals surface area contributed by atoms with E-state index in [0.29, 0.717) is 0 Å². The standard InChI is InChI=1S/C16H20N2O12/c17-7(1-3-9(19)20)13(24)28-11(22)5-16(27)6-12(23)29-14(25)8(18)2-4-10(21)30-15(16)26/h7-8,27H,1-6,17-18H2,(H,19,20)/t7-,8-,16?/m1/s1. The number of rotatable bonds is 6. The molecule has 14 nitrogen and oxygen atoms in total. The van der Waals surface area contributed by atoms with Gasteiger partial charge in [-0.05, 0) is 12.8 Å². The maximum Gasteiger partial charge on any atom is 0.346 e. The number of cyclic esters (lactones) is 4. The van der Waals surface area contributed by atoms with Gasteiger partial charge in [0.15, 0.2) is 5.60 Å². The van der Waals surface area contributed by atoms with Gasteiger partial charge in [0.05, 0.1) is 12.8 Å². The number of aliphatic hydroxyl groups is 1. The van der Waals surface area contributed by atoms with Crippen LogP contribution >= 0.6 is 0 Å². The van der Waals surface area contributed by atoms with Crippen molar-refractivity contribution in [2.45, 2.75) is 56.2 Å². The van der Waals surface area contributed by atoms with Gasteiger partial charge >= 0.3 is 41.8 Å². The van der Waals surface area contributed by atoms with Crippen molar-refractivity contribution in [3.8, 4) is 0 Å². The Morgan fingerprint density at radius 1 is 1.17 bits per heavy atom. The molecule has 166 valence electrons. The fourth-order valence-corrected chi connectivity index (χ4v) is 2.17. The first-order chi connectivity index (χ1) is 13.8. The Hall–Kier alpha value is -3.23. The highest BCUT2D eigenvalue weighted by molar-refractivity contribution is 5.99. The molecule has 1 aliphatic rings. The molecule has 1 fully saturated rings. The third kappa shape index (κ3) is 7.65. The highest BCUT2D eigenvalue weighted by Gasteiger charge is 2.46. The first kappa shape index (κ1) is 24.8. The van der Waals surface area contributed by atoms with Gasteiger partial charge in [-0.15, -0.1) is 0 Å². The van der Waals surface area contributed by atoms with Crippen molar-refractivity contribution in [1.29, 1.82) is 0 Å². The normalized spacial score (nSPS) is 24.2. The van der Waals surface area contributed by atoms with Crippen LogP contribution in [0.1, 0.15) is 38.5 Å². The number of esters is 6. The Kier molecular flexibility index (Phi) is 8.70. The van der Waals surface area contributed by atoms with Gasteiger partial charge in [0.25, 0.3) is 0 Å². The first-order valence-corrected chi connectivity index (χ1v) is 8.53. The van der Waals surface area contributed by atoms with Gasteiger partial charge in [-0.1, -0.05) is 0 Å². The van der Waals surface area contributed by atoms with Crippen LogP contribution in [0.4, 0.5) is 0 Å². The maximum absolute atomic E-state index is 12.1. The monoisotopic (exact) mass is 432 g/mol. The molecule has 0 saturated carbocycles. The van der Waals surface area contributed by atoms with Crippen LogP contribution in [-0.4, -0.2) is 69.7 Å². The van der Waals surface area contributed by atoms with Crippen molar-refractivity contribution in [2.24, 2.45) is 11.5 Å². The molecule has 1 heterocycles. The lowest BCUT2D eigenvalue weighted by Gasteiger charge is -2.23. The molecule has 0 spiro atoms. The van der Waals surface area contributed by atoms with E-state index in [0.717, 1.165) is 0 Å². The highest BCUT2D eigenvalue weighted by Crippen LogP contribution is 2.21. The molecule has 0 aromatic rings. The second-order valence-corrected chi connectivity index (χ2v) is 6.42. The van der Waals surface area contributed by atoms with E-state index in [2.05, 4.69) is 14.2 Å². The molecule has 0 amide bonds. The largest absolute Gasteiger partial charge is 0.481 e. The summed E-state index contributed by atoms with van der Waals surface area (Å²) in [6, 6.07) is -2.87. The lowest BCUT2D eigenvalue weighted by Crippen LogP contribution is -2.46. The number of hydrogen-bond acceptors (Lipinski definition) is 13. The van der Waals surface area contributed by atoms with Crippen molar-refractivity contribution < 1.29 is 58.0 Å². The van der Waals surface area contributed by atoms with Crippen molar-refractivity contribution >= 4 is 41.8 Å². The Labute approximate surface area is 168 Å². The fourth-order valence-electron chi connectivity index (χ4n) is 2.17. The summed E-state index contributed by atoms with van der Waals surface area (Å²) in [5.41, 5.74) is 7.77. The molecule has 0 bridgehead atoms. The van der Waals surface area contributed by atoms with Crippen molar-refractivity contribution in [2.75, 3.05) is 0 Å². The molecule has 0 radical (unpaired) electrons. The third-order valence-electron chi connectivity index (χ3n) is 3.82. The van der Waals surface area contributed by atoms with Gasteiger partial charge in [0, 0.05) is 12.8 Å². The highest BCUT2D eigenvalue weighted by atomic mass is 16.6. The molecular formula is C16H20N2O12. The zero-order chi connectivity index (χ0) is 23.1. The van der Waals surface area contributed by atoms with Crippen LogP contribution in [0.25, 0.3) is 0 Å². The van der Waals surface area contributed by atoms with E-state index in [9.17, 15) is 38.7 Å². The van der Waals surface area contributed by atoms with Gasteiger partial charge in [-0.2, -0.15) is 0 Å². The molecule has 1 aliphatic heterocycles. The van der Waals surface area contributed by atoms with Gasteiger partial charge < -0.3 is 35.9 Å². The lowest BCUT2D eigenvalue weighted by molar-refractivity contribution is -0.184. The van der Waals surface area contributed by atoms with Crippen LogP contribution < -0.4 is 11.5 Å². The van der Waals surface area contributed by atoms with Gasteiger partial charge in [-0.3, -0.25) is 19.2 Å². The van der Waals surface area contributed by atoms with Gasteiger partial charge in [0.2, 0.25) is 0 Å². The third-order valence-corrected chi connectivity index (χ3v) is 3.82. The van der Waals surface area contributed by atoms with E-state index in [4.69, 9.17) is 16.6 Å². The quantitative estimate of drug-likeness (QED) is 0.186. The molecule has 0 aliphatic carbocycles. The molecule has 0 aromatic carbocycles. The molecule has 0 aromatic heterocycles. The van der Waals surface area contributed by atoms with Crippen LogP contribution in [0, 0.1) is 0 Å². The molecule has 6 N–H and O–H groups in total. The number of carbonyl (C=O) groups is 7. The summed E-state index contributed by atoms with van der Waals surface area (Å²) in [4.78, 5) is 81.3. The minimum Gasteiger partial charge on any atom is -0.481 e. The minimum absolute atomic E-state index is 0.318. The van der Waals surface area contributed by atoms with Crippen molar-refractivity contribution in [3.63, 3.8) is 0 Å². The van der Waals surface area contributed by atoms with Crippen LogP contribution in [0.5, 0.6) is 0 Å². The average Bonchev–Trinajstić information content (AvgIpc) is 2.63. The van der Waals surface area contributed by atoms with E-state index in [1.165, 1.54) is 0 Å². The summed E-state index contributed by atoms with van der Waals surface area (Å²) in [6.45, 7) is 0. The van der Waals surface area contributed by atoms with Crippen LogP contribution in [0.3, 0.4) is 0 Å². The fraction of sp³-hybridized carbons (Fsp3) is 0.562. The average molecular weight is 432 g/mol. The number of nitrogens with two attached hydrogens (primary N) is 2. The summed E-state index contributed by atoms with van der Waals surface area (Å²) < 4.78 is 13.0. The van der Waals surface area contributed by atoms with Gasteiger partial charge in [0.1, 0.15) is 12.1 Å². The number of aliphatic carboxylic acids is 1. The molecule has 1 rings (SSSR count). The first-order valence-electron chi connectivity index (χ1n) is 8.53. The molecule has 3 atom stereocenters. The number of ether oxygens (including phenoxy) is 3. The zero-order valence-corrected chi connectivity index (χ0v) is 15.5. The van der Waals surface area contributed by atoms with Crippen LogP contribution in [0.15, 0.2) is 0 Å². The summed E-state index contributed by atoms with van der Waals surface area (Å²) in [7, 11) is 0. The SMILES string of the molecule is N[C@H](CCC(=O)O)C(=O)OC(=O)CC1(O)CC(=O)OC(=O)[C@H](N)CCC(=O)OC1=O. The topological polar surface area (TPSA) is 240 Å². The number of hydrogen-bond donors (Lipinski definition) is 4. The summed E-state index contributed by atoms with van der Waals surface area (Å²) in [5.74, 6) is -9.74. The van der Waals surface area contributed by atoms with E-state index in [1.807, 2.05) is 0 Å². The van der Waals surface area contributed by atoms with Crippen LogP contribution in [-0.2, 0) is 47.8 Å². The summed E-state index contributed by atoms with van der Waals surface area (Å²) >= 11 is 0. The molecule has 14 heteroatoms. The number of carbonyl (C=O) groups excluding carboxylic acids is 6. The second kappa shape index (κ2) is 10.5. The van der Waals surface area contributed by atoms with E-state index >= 15 is 0 Å². The van der Waals surface area contributed by atoms with Crippen molar-refractivity contribution in [3.05, 3.63) is 0 Å². The Morgan fingerprint density at radius 3 is 2.40 bits per heavy atom. The Bertz CT molecular complexity index is 763. The lowest BCUT2D eigenvalue weighted by atomic mass is 9.95. The van der Waals surface area contributed by atoms with E-state index in [-0.39, 0.29) is 12.8 Å². The molecular weight excluding hydrogens is 412 g/mol.